The molecule has 10 heteroatoms. The van der Waals surface area contributed by atoms with Gasteiger partial charge in [-0.25, -0.2) is 17.6 Å². The fourth-order valence-corrected chi connectivity index (χ4v) is 2.72. The molecule has 0 heterocycles. The molecule has 0 aliphatic heterocycles. The van der Waals surface area contributed by atoms with E-state index >= 15 is 0 Å². The summed E-state index contributed by atoms with van der Waals surface area (Å²) in [5, 5.41) is 2.57. The molecule has 2 rings (SSSR count). The lowest BCUT2D eigenvalue weighted by Gasteiger charge is -2.09. The maximum Gasteiger partial charge on any atom is 0.334 e. The van der Waals surface area contributed by atoms with Gasteiger partial charge in [-0.15, -0.1) is 0 Å². The molecule has 0 atom stereocenters. The van der Waals surface area contributed by atoms with E-state index in [4.69, 9.17) is 4.74 Å². The summed E-state index contributed by atoms with van der Waals surface area (Å²) in [5.41, 5.74) is 1.43. The van der Waals surface area contributed by atoms with Gasteiger partial charge in [-0.1, -0.05) is 23.1 Å². The number of anilines is 1. The van der Waals surface area contributed by atoms with Crippen LogP contribution in [0.3, 0.4) is 0 Å². The molecule has 0 spiro atoms. The maximum absolute atomic E-state index is 12.8. The number of hydrogen-bond donors (Lipinski definition) is 2. The van der Waals surface area contributed by atoms with Crippen molar-refractivity contribution in [1.29, 1.82) is 0 Å². The van der Waals surface area contributed by atoms with E-state index in [2.05, 4.69) is 10.2 Å². The highest BCUT2D eigenvalue weighted by molar-refractivity contribution is 7.89. The van der Waals surface area contributed by atoms with E-state index in [9.17, 15) is 22.4 Å². The molecule has 0 fully saturated rings. The molecule has 0 aliphatic carbocycles. The van der Waals surface area contributed by atoms with Crippen LogP contribution < -0.4 is 10.2 Å². The van der Waals surface area contributed by atoms with Gasteiger partial charge in [0.2, 0.25) is 0 Å². The Morgan fingerprint density at radius 3 is 2.37 bits per heavy atom. The highest BCUT2D eigenvalue weighted by Crippen LogP contribution is 2.12. The van der Waals surface area contributed by atoms with E-state index in [0.717, 1.165) is 29.8 Å². The number of rotatable bonds is 8. The summed E-state index contributed by atoms with van der Waals surface area (Å²) in [4.78, 5) is 29.3. The molecule has 2 N–H and O–H groups in total. The predicted molar refractivity (Wildman–Crippen MR) is 93.4 cm³/mol. The van der Waals surface area contributed by atoms with Crippen LogP contribution in [0, 0.1) is 12.7 Å². The second-order valence-electron chi connectivity index (χ2n) is 5.35. The van der Waals surface area contributed by atoms with Gasteiger partial charge in [0, 0.05) is 5.69 Å². The van der Waals surface area contributed by atoms with E-state index in [1.807, 2.05) is 19.1 Å². The first kappa shape index (κ1) is 20.5. The summed E-state index contributed by atoms with van der Waals surface area (Å²) < 4.78 is 41.2. The third-order valence-corrected chi connectivity index (χ3v) is 4.50. The second kappa shape index (κ2) is 9.21. The molecular formula is C17H17FN2O6S. The Morgan fingerprint density at radius 1 is 1.04 bits per heavy atom. The Kier molecular flexibility index (Phi) is 6.99. The first-order valence-corrected chi connectivity index (χ1v) is 9.16. The molecule has 0 aliphatic rings. The number of benzene rings is 2. The van der Waals surface area contributed by atoms with Crippen molar-refractivity contribution in [3.05, 3.63) is 59.9 Å². The fraction of sp³-hybridized carbons (Fsp3) is 0.176. The maximum atomic E-state index is 12.8. The standard InChI is InChI=1S/C17H17FN2O6S/c1-12-4-2-3-5-15(12)19-16(21)10-25-17(22)11-26-20-27(23,24)14-8-6-13(18)7-9-14/h2-9,20H,10-11H2,1H3,(H,19,21). The number of hydrogen-bond acceptors (Lipinski definition) is 6. The van der Waals surface area contributed by atoms with Crippen LogP contribution in [-0.4, -0.2) is 33.5 Å². The lowest BCUT2D eigenvalue weighted by Crippen LogP contribution is -2.29. The van der Waals surface area contributed by atoms with Crippen molar-refractivity contribution in [3.8, 4) is 0 Å². The zero-order valence-corrected chi connectivity index (χ0v) is 15.1. The molecule has 2 aromatic rings. The van der Waals surface area contributed by atoms with Gasteiger partial charge in [-0.05, 0) is 42.8 Å². The van der Waals surface area contributed by atoms with Gasteiger partial charge in [0.15, 0.2) is 13.2 Å². The number of amides is 1. The zero-order chi connectivity index (χ0) is 19.9. The van der Waals surface area contributed by atoms with E-state index in [-0.39, 0.29) is 4.90 Å². The monoisotopic (exact) mass is 396 g/mol. The highest BCUT2D eigenvalue weighted by atomic mass is 32.2. The molecule has 0 bridgehead atoms. The van der Waals surface area contributed by atoms with Gasteiger partial charge in [-0.2, -0.15) is 0 Å². The molecule has 0 aromatic heterocycles. The third-order valence-electron chi connectivity index (χ3n) is 3.27. The van der Waals surface area contributed by atoms with Gasteiger partial charge >= 0.3 is 5.97 Å². The molecule has 1 amide bonds. The van der Waals surface area contributed by atoms with Crippen molar-refractivity contribution in [2.45, 2.75) is 11.8 Å². The summed E-state index contributed by atoms with van der Waals surface area (Å²) in [6, 6.07) is 11.1. The van der Waals surface area contributed by atoms with Crippen LogP contribution in [-0.2, 0) is 29.2 Å². The summed E-state index contributed by atoms with van der Waals surface area (Å²) in [6.07, 6.45) is 0. The SMILES string of the molecule is Cc1ccccc1NC(=O)COC(=O)CONS(=O)(=O)c1ccc(F)cc1. The number of sulfonamides is 1. The predicted octanol–water partition coefficient (Wildman–Crippen LogP) is 1.53. The summed E-state index contributed by atoms with van der Waals surface area (Å²) >= 11 is 0. The van der Waals surface area contributed by atoms with Crippen molar-refractivity contribution < 1.29 is 32.0 Å². The minimum Gasteiger partial charge on any atom is -0.454 e. The van der Waals surface area contributed by atoms with Crippen LogP contribution in [0.1, 0.15) is 5.56 Å². The van der Waals surface area contributed by atoms with Gasteiger partial charge < -0.3 is 10.1 Å². The summed E-state index contributed by atoms with van der Waals surface area (Å²) in [5.74, 6) is -2.09. The number of halogens is 1. The van der Waals surface area contributed by atoms with Crippen LogP contribution in [0.5, 0.6) is 0 Å². The van der Waals surface area contributed by atoms with E-state index < -0.39 is 40.9 Å². The smallest absolute Gasteiger partial charge is 0.334 e. The van der Waals surface area contributed by atoms with Crippen molar-refractivity contribution in [2.24, 2.45) is 0 Å². The molecule has 0 saturated carbocycles. The summed E-state index contributed by atoms with van der Waals surface area (Å²) in [7, 11) is -4.08. The van der Waals surface area contributed by atoms with Crippen molar-refractivity contribution in [3.63, 3.8) is 0 Å². The van der Waals surface area contributed by atoms with E-state index in [1.165, 1.54) is 0 Å². The molecule has 27 heavy (non-hydrogen) atoms. The number of esters is 1. The normalized spacial score (nSPS) is 11.0. The minimum atomic E-state index is -4.08. The minimum absolute atomic E-state index is 0.241. The number of ether oxygens (including phenoxy) is 1. The lowest BCUT2D eigenvalue weighted by atomic mass is 10.2. The van der Waals surface area contributed by atoms with E-state index in [0.29, 0.717) is 5.69 Å². The zero-order valence-electron chi connectivity index (χ0n) is 14.3. The Hall–Kier alpha value is -2.82. The van der Waals surface area contributed by atoms with Crippen LogP contribution in [0.4, 0.5) is 10.1 Å². The molecule has 0 radical (unpaired) electrons. The molecule has 0 unspecified atom stereocenters. The van der Waals surface area contributed by atoms with Gasteiger partial charge in [0.25, 0.3) is 15.9 Å². The Bertz CT molecular complexity index is 915. The van der Waals surface area contributed by atoms with Crippen molar-refractivity contribution in [2.75, 3.05) is 18.5 Å². The van der Waals surface area contributed by atoms with Gasteiger partial charge in [0.05, 0.1) is 4.90 Å². The fourth-order valence-electron chi connectivity index (χ4n) is 1.91. The third kappa shape index (κ3) is 6.44. The number of carbonyl (C=O) groups excluding carboxylic acids is 2. The first-order valence-electron chi connectivity index (χ1n) is 7.68. The Morgan fingerprint density at radius 2 is 1.70 bits per heavy atom. The summed E-state index contributed by atoms with van der Waals surface area (Å²) in [6.45, 7) is 0.502. The average Bonchev–Trinajstić information content (AvgIpc) is 2.62. The van der Waals surface area contributed by atoms with Crippen molar-refractivity contribution >= 4 is 27.6 Å². The molecule has 144 valence electrons. The van der Waals surface area contributed by atoms with E-state index in [1.54, 1.807) is 17.0 Å². The molecule has 2 aromatic carbocycles. The van der Waals surface area contributed by atoms with Crippen molar-refractivity contribution in [1.82, 2.24) is 4.89 Å². The van der Waals surface area contributed by atoms with Crippen LogP contribution in [0.2, 0.25) is 0 Å². The molecule has 8 nitrogen and oxygen atoms in total. The molecule has 0 saturated heterocycles. The number of aryl methyl sites for hydroxylation is 1. The number of carbonyl (C=O) groups is 2. The first-order chi connectivity index (χ1) is 12.8. The lowest BCUT2D eigenvalue weighted by molar-refractivity contribution is -0.152. The number of nitrogens with one attached hydrogen (secondary N) is 2. The van der Waals surface area contributed by atoms with Gasteiger partial charge in [0.1, 0.15) is 5.82 Å². The Labute approximate surface area is 155 Å². The molecular weight excluding hydrogens is 379 g/mol. The highest BCUT2D eigenvalue weighted by Gasteiger charge is 2.16. The number of para-hydroxylation sites is 1. The second-order valence-corrected chi connectivity index (χ2v) is 7.00. The van der Waals surface area contributed by atoms with Crippen LogP contribution in [0.15, 0.2) is 53.4 Å². The average molecular weight is 396 g/mol. The van der Waals surface area contributed by atoms with Crippen LogP contribution in [0.25, 0.3) is 0 Å². The Balaban J connectivity index is 1.74. The largest absolute Gasteiger partial charge is 0.454 e. The quantitative estimate of drug-likeness (QED) is 0.517. The van der Waals surface area contributed by atoms with Gasteiger partial charge in [-0.3, -0.25) is 9.63 Å². The topological polar surface area (TPSA) is 111 Å². The van der Waals surface area contributed by atoms with Crippen LogP contribution >= 0.6 is 0 Å².